The zero-order valence-electron chi connectivity index (χ0n) is 16.1. The average molecular weight is 386 g/mol. The molecular weight excluding hydrogens is 367 g/mol. The third kappa shape index (κ3) is 3.43. The SMILES string of the molecule is Cc1ccc(C2=C(Nc3cccc(C)c3)C(=O)N(c3ccccc3F)C2=O)cc1. The Labute approximate surface area is 168 Å². The van der Waals surface area contributed by atoms with Crippen molar-refractivity contribution in [2.24, 2.45) is 0 Å². The summed E-state index contributed by atoms with van der Waals surface area (Å²) in [5, 5.41) is 3.09. The Morgan fingerprint density at radius 2 is 1.52 bits per heavy atom. The number of hydrogen-bond acceptors (Lipinski definition) is 3. The number of aryl methyl sites for hydroxylation is 2. The predicted octanol–water partition coefficient (Wildman–Crippen LogP) is 4.84. The fourth-order valence-electron chi connectivity index (χ4n) is 3.35. The van der Waals surface area contributed by atoms with Gasteiger partial charge in [0, 0.05) is 5.69 Å². The third-order valence-corrected chi connectivity index (χ3v) is 4.80. The lowest BCUT2D eigenvalue weighted by Crippen LogP contribution is -2.33. The van der Waals surface area contributed by atoms with Gasteiger partial charge >= 0.3 is 0 Å². The molecule has 0 saturated carbocycles. The Morgan fingerprint density at radius 3 is 2.21 bits per heavy atom. The second kappa shape index (κ2) is 7.36. The minimum atomic E-state index is -0.630. The number of anilines is 2. The summed E-state index contributed by atoms with van der Waals surface area (Å²) in [6, 6.07) is 20.6. The van der Waals surface area contributed by atoms with Crippen LogP contribution in [0.4, 0.5) is 15.8 Å². The van der Waals surface area contributed by atoms with Crippen molar-refractivity contribution in [3.63, 3.8) is 0 Å². The molecule has 4 rings (SSSR count). The van der Waals surface area contributed by atoms with Gasteiger partial charge in [-0.2, -0.15) is 0 Å². The summed E-state index contributed by atoms with van der Waals surface area (Å²) in [6.07, 6.45) is 0. The van der Waals surface area contributed by atoms with Crippen LogP contribution in [0.2, 0.25) is 0 Å². The van der Waals surface area contributed by atoms with Gasteiger partial charge in [0.25, 0.3) is 11.8 Å². The van der Waals surface area contributed by atoms with Gasteiger partial charge in [0.2, 0.25) is 0 Å². The molecule has 4 nitrogen and oxygen atoms in total. The van der Waals surface area contributed by atoms with Gasteiger partial charge in [-0.15, -0.1) is 0 Å². The monoisotopic (exact) mass is 386 g/mol. The standard InChI is InChI=1S/C24H19FN2O2/c1-15-10-12-17(13-11-15)21-22(26-18-7-5-6-16(2)14-18)24(29)27(23(21)28)20-9-4-3-8-19(20)25/h3-14,26H,1-2H3. The van der Waals surface area contributed by atoms with Crippen molar-refractivity contribution < 1.29 is 14.0 Å². The maximum atomic E-state index is 14.4. The topological polar surface area (TPSA) is 49.4 Å². The highest BCUT2D eigenvalue weighted by Crippen LogP contribution is 2.34. The molecule has 0 saturated heterocycles. The molecule has 0 unspecified atom stereocenters. The Kier molecular flexibility index (Phi) is 4.72. The van der Waals surface area contributed by atoms with Crippen molar-refractivity contribution in [1.82, 2.24) is 0 Å². The van der Waals surface area contributed by atoms with Gasteiger partial charge in [-0.05, 0) is 49.2 Å². The van der Waals surface area contributed by atoms with Crippen LogP contribution in [-0.4, -0.2) is 11.8 Å². The smallest absolute Gasteiger partial charge is 0.282 e. The molecule has 3 aromatic rings. The summed E-state index contributed by atoms with van der Waals surface area (Å²) in [5.41, 5.74) is 3.62. The van der Waals surface area contributed by atoms with Gasteiger partial charge in [-0.1, -0.05) is 54.1 Å². The largest absolute Gasteiger partial charge is 0.350 e. The van der Waals surface area contributed by atoms with E-state index in [1.807, 2.05) is 50.2 Å². The maximum absolute atomic E-state index is 14.4. The lowest BCUT2D eigenvalue weighted by atomic mass is 10.0. The van der Waals surface area contributed by atoms with E-state index in [9.17, 15) is 14.0 Å². The number of nitrogens with one attached hydrogen (secondary N) is 1. The average Bonchev–Trinajstić information content (AvgIpc) is 2.93. The van der Waals surface area contributed by atoms with Crippen molar-refractivity contribution in [2.75, 3.05) is 10.2 Å². The molecule has 0 radical (unpaired) electrons. The van der Waals surface area contributed by atoms with Gasteiger partial charge in [-0.25, -0.2) is 9.29 Å². The zero-order valence-corrected chi connectivity index (χ0v) is 16.1. The number of nitrogens with zero attached hydrogens (tertiary/aromatic N) is 1. The number of para-hydroxylation sites is 1. The molecule has 5 heteroatoms. The number of hydrogen-bond donors (Lipinski definition) is 1. The normalized spacial score (nSPS) is 14.0. The number of amides is 2. The molecule has 144 valence electrons. The molecule has 0 atom stereocenters. The number of benzene rings is 3. The molecule has 0 bridgehead atoms. The molecule has 0 spiro atoms. The first-order chi connectivity index (χ1) is 14.0. The number of carbonyl (C=O) groups excluding carboxylic acids is 2. The van der Waals surface area contributed by atoms with Gasteiger partial charge < -0.3 is 5.32 Å². The molecule has 1 aliphatic heterocycles. The minimum absolute atomic E-state index is 0.0619. The molecule has 1 aliphatic rings. The third-order valence-electron chi connectivity index (χ3n) is 4.80. The highest BCUT2D eigenvalue weighted by Gasteiger charge is 2.41. The van der Waals surface area contributed by atoms with Gasteiger partial charge in [0.05, 0.1) is 11.3 Å². The van der Waals surface area contributed by atoms with Gasteiger partial charge in [0.15, 0.2) is 0 Å². The fourth-order valence-corrected chi connectivity index (χ4v) is 3.35. The predicted molar refractivity (Wildman–Crippen MR) is 112 cm³/mol. The quantitative estimate of drug-likeness (QED) is 0.653. The molecule has 0 aromatic heterocycles. The summed E-state index contributed by atoms with van der Waals surface area (Å²) < 4.78 is 14.4. The van der Waals surface area contributed by atoms with Crippen LogP contribution in [0.5, 0.6) is 0 Å². The van der Waals surface area contributed by atoms with E-state index >= 15 is 0 Å². The summed E-state index contributed by atoms with van der Waals surface area (Å²) in [4.78, 5) is 27.4. The summed E-state index contributed by atoms with van der Waals surface area (Å²) in [5.74, 6) is -1.77. The minimum Gasteiger partial charge on any atom is -0.350 e. The van der Waals surface area contributed by atoms with Crippen molar-refractivity contribution in [3.8, 4) is 0 Å². The fraction of sp³-hybridized carbons (Fsp3) is 0.0833. The number of imide groups is 1. The van der Waals surface area contributed by atoms with E-state index in [1.165, 1.54) is 18.2 Å². The van der Waals surface area contributed by atoms with Crippen LogP contribution >= 0.6 is 0 Å². The molecule has 3 aromatic carbocycles. The maximum Gasteiger partial charge on any atom is 0.282 e. The lowest BCUT2D eigenvalue weighted by Gasteiger charge is -2.16. The first-order valence-corrected chi connectivity index (χ1v) is 9.24. The Morgan fingerprint density at radius 1 is 0.793 bits per heavy atom. The molecule has 2 amide bonds. The molecule has 1 N–H and O–H groups in total. The highest BCUT2D eigenvalue weighted by molar-refractivity contribution is 6.46. The van der Waals surface area contributed by atoms with Crippen LogP contribution in [-0.2, 0) is 9.59 Å². The summed E-state index contributed by atoms with van der Waals surface area (Å²) >= 11 is 0. The summed E-state index contributed by atoms with van der Waals surface area (Å²) in [6.45, 7) is 3.88. The summed E-state index contributed by atoms with van der Waals surface area (Å²) in [7, 11) is 0. The van der Waals surface area contributed by atoms with Crippen LogP contribution in [0.3, 0.4) is 0 Å². The van der Waals surface area contributed by atoms with E-state index in [1.54, 1.807) is 18.2 Å². The van der Waals surface area contributed by atoms with E-state index in [0.29, 0.717) is 11.3 Å². The Bertz CT molecular complexity index is 1150. The zero-order chi connectivity index (χ0) is 20.5. The van der Waals surface area contributed by atoms with Crippen LogP contribution in [0, 0.1) is 19.7 Å². The van der Waals surface area contributed by atoms with Crippen LogP contribution in [0.1, 0.15) is 16.7 Å². The molecule has 1 heterocycles. The van der Waals surface area contributed by atoms with Crippen molar-refractivity contribution in [3.05, 3.63) is 101 Å². The number of carbonyl (C=O) groups is 2. The van der Waals surface area contributed by atoms with Crippen molar-refractivity contribution in [1.29, 1.82) is 0 Å². The first kappa shape index (κ1) is 18.6. The number of halogens is 1. The van der Waals surface area contributed by atoms with Crippen LogP contribution in [0.15, 0.2) is 78.5 Å². The van der Waals surface area contributed by atoms with E-state index < -0.39 is 17.6 Å². The Hall–Kier alpha value is -3.73. The van der Waals surface area contributed by atoms with E-state index in [0.717, 1.165) is 16.0 Å². The molecular formula is C24H19FN2O2. The molecule has 0 fully saturated rings. The number of rotatable bonds is 4. The second-order valence-electron chi connectivity index (χ2n) is 7.01. The van der Waals surface area contributed by atoms with E-state index in [-0.39, 0.29) is 17.0 Å². The van der Waals surface area contributed by atoms with Crippen LogP contribution < -0.4 is 10.2 Å². The first-order valence-electron chi connectivity index (χ1n) is 9.24. The van der Waals surface area contributed by atoms with E-state index in [2.05, 4.69) is 5.32 Å². The van der Waals surface area contributed by atoms with E-state index in [4.69, 9.17) is 0 Å². The Balaban J connectivity index is 1.85. The second-order valence-corrected chi connectivity index (χ2v) is 7.01. The lowest BCUT2D eigenvalue weighted by molar-refractivity contribution is -0.120. The molecule has 0 aliphatic carbocycles. The van der Waals surface area contributed by atoms with Crippen molar-refractivity contribution in [2.45, 2.75) is 13.8 Å². The van der Waals surface area contributed by atoms with Crippen molar-refractivity contribution >= 4 is 28.8 Å². The van der Waals surface area contributed by atoms with Gasteiger partial charge in [-0.3, -0.25) is 9.59 Å². The van der Waals surface area contributed by atoms with Gasteiger partial charge in [0.1, 0.15) is 11.5 Å². The van der Waals surface area contributed by atoms with Crippen LogP contribution in [0.25, 0.3) is 5.57 Å². The molecule has 29 heavy (non-hydrogen) atoms. The highest BCUT2D eigenvalue weighted by atomic mass is 19.1.